The van der Waals surface area contributed by atoms with Gasteiger partial charge in [-0.15, -0.1) is 0 Å². The minimum Gasteiger partial charge on any atom is -0.482 e. The van der Waals surface area contributed by atoms with Gasteiger partial charge in [0.1, 0.15) is 5.75 Å². The number of hydrogen-bond acceptors (Lipinski definition) is 4. The summed E-state index contributed by atoms with van der Waals surface area (Å²) in [7, 11) is 0. The van der Waals surface area contributed by atoms with Crippen LogP contribution in [0.1, 0.15) is 20.3 Å². The summed E-state index contributed by atoms with van der Waals surface area (Å²) in [4.78, 5) is 25.5. The van der Waals surface area contributed by atoms with E-state index in [2.05, 4.69) is 5.32 Å². The Morgan fingerprint density at radius 2 is 2.14 bits per heavy atom. The highest BCUT2D eigenvalue weighted by Gasteiger charge is 2.26. The second-order valence-electron chi connectivity index (χ2n) is 5.69. The summed E-state index contributed by atoms with van der Waals surface area (Å²) in [5.41, 5.74) is 5.85. The Morgan fingerprint density at radius 3 is 2.86 bits per heavy atom. The zero-order chi connectivity index (χ0) is 15.5. The molecule has 1 aromatic carbocycles. The summed E-state index contributed by atoms with van der Waals surface area (Å²) >= 11 is 0. The van der Waals surface area contributed by atoms with E-state index in [0.29, 0.717) is 24.5 Å². The van der Waals surface area contributed by atoms with Crippen LogP contribution in [-0.2, 0) is 9.59 Å². The third kappa shape index (κ3) is 3.72. The van der Waals surface area contributed by atoms with Gasteiger partial charge >= 0.3 is 0 Å². The van der Waals surface area contributed by atoms with Gasteiger partial charge in [-0.3, -0.25) is 9.59 Å². The van der Waals surface area contributed by atoms with Gasteiger partial charge in [-0.2, -0.15) is 0 Å². The van der Waals surface area contributed by atoms with Crippen molar-refractivity contribution in [1.29, 1.82) is 0 Å². The van der Waals surface area contributed by atoms with Crippen molar-refractivity contribution in [3.63, 3.8) is 0 Å². The van der Waals surface area contributed by atoms with Crippen LogP contribution in [0.5, 0.6) is 5.75 Å². The fourth-order valence-corrected chi connectivity index (χ4v) is 2.10. The van der Waals surface area contributed by atoms with Gasteiger partial charge in [0.2, 0.25) is 5.91 Å². The third-order valence-corrected chi connectivity index (χ3v) is 3.36. The molecule has 2 amide bonds. The topological polar surface area (TPSA) is 84.7 Å². The molecule has 2 rings (SSSR count). The molecule has 0 unspecified atom stereocenters. The Kier molecular flexibility index (Phi) is 4.47. The maximum Gasteiger partial charge on any atom is 0.265 e. The highest BCUT2D eigenvalue weighted by molar-refractivity contribution is 5.98. The number of hydrogen-bond donors (Lipinski definition) is 2. The summed E-state index contributed by atoms with van der Waals surface area (Å²) in [6, 6.07) is 7.31. The molecule has 0 bridgehead atoms. The zero-order valence-electron chi connectivity index (χ0n) is 12.4. The van der Waals surface area contributed by atoms with Gasteiger partial charge in [-0.25, -0.2) is 0 Å². The van der Waals surface area contributed by atoms with Crippen molar-refractivity contribution in [1.82, 2.24) is 5.32 Å². The number of fused-ring (bicyclic) bond motifs is 1. The third-order valence-electron chi connectivity index (χ3n) is 3.36. The number of anilines is 1. The lowest BCUT2D eigenvalue weighted by molar-refractivity contribution is -0.123. The number of nitrogens with zero attached hydrogens (tertiary/aromatic N) is 1. The van der Waals surface area contributed by atoms with Crippen LogP contribution < -0.4 is 20.7 Å². The quantitative estimate of drug-likeness (QED) is 0.834. The Labute approximate surface area is 124 Å². The SMILES string of the molecule is CC(C)(CN)NC(=O)CCN1C(=O)COc2ccccc21. The van der Waals surface area contributed by atoms with Gasteiger partial charge in [-0.1, -0.05) is 12.1 Å². The Morgan fingerprint density at radius 1 is 1.43 bits per heavy atom. The predicted molar refractivity (Wildman–Crippen MR) is 80.2 cm³/mol. The number of amides is 2. The van der Waals surface area contributed by atoms with Crippen LogP contribution in [-0.4, -0.2) is 37.0 Å². The van der Waals surface area contributed by atoms with Crippen LogP contribution in [0.15, 0.2) is 24.3 Å². The molecule has 0 atom stereocenters. The number of para-hydroxylation sites is 2. The van der Waals surface area contributed by atoms with Crippen molar-refractivity contribution in [2.24, 2.45) is 5.73 Å². The normalized spacial score (nSPS) is 14.4. The molecule has 21 heavy (non-hydrogen) atoms. The first-order valence-corrected chi connectivity index (χ1v) is 6.96. The molecule has 114 valence electrons. The first-order chi connectivity index (χ1) is 9.93. The van der Waals surface area contributed by atoms with Crippen molar-refractivity contribution in [3.8, 4) is 5.75 Å². The molecule has 0 aromatic heterocycles. The number of benzene rings is 1. The Hall–Kier alpha value is -2.08. The molecular weight excluding hydrogens is 270 g/mol. The van der Waals surface area contributed by atoms with Gasteiger partial charge in [0, 0.05) is 25.0 Å². The Balaban J connectivity index is 2.00. The highest BCUT2D eigenvalue weighted by Crippen LogP contribution is 2.31. The fraction of sp³-hybridized carbons (Fsp3) is 0.467. The van der Waals surface area contributed by atoms with Gasteiger partial charge < -0.3 is 20.7 Å². The number of ether oxygens (including phenoxy) is 1. The number of carbonyl (C=O) groups is 2. The predicted octanol–water partition coefficient (Wildman–Crippen LogP) is 0.656. The van der Waals surface area contributed by atoms with Crippen LogP contribution >= 0.6 is 0 Å². The van der Waals surface area contributed by atoms with Crippen molar-refractivity contribution in [2.45, 2.75) is 25.8 Å². The van der Waals surface area contributed by atoms with Gasteiger partial charge in [0.25, 0.3) is 5.91 Å². The van der Waals surface area contributed by atoms with E-state index in [-0.39, 0.29) is 24.8 Å². The van der Waals surface area contributed by atoms with Crippen LogP contribution in [0.3, 0.4) is 0 Å². The van der Waals surface area contributed by atoms with Gasteiger partial charge in [0.15, 0.2) is 6.61 Å². The Bertz CT molecular complexity index is 543. The highest BCUT2D eigenvalue weighted by atomic mass is 16.5. The van der Waals surface area contributed by atoms with E-state index in [1.807, 2.05) is 38.1 Å². The molecule has 0 radical (unpaired) electrons. The lowest BCUT2D eigenvalue weighted by atomic mass is 10.1. The summed E-state index contributed by atoms with van der Waals surface area (Å²) in [6.45, 7) is 4.41. The summed E-state index contributed by atoms with van der Waals surface area (Å²) < 4.78 is 5.36. The maximum atomic E-state index is 12.0. The van der Waals surface area contributed by atoms with E-state index >= 15 is 0 Å². The molecule has 6 nitrogen and oxygen atoms in total. The monoisotopic (exact) mass is 291 g/mol. The second kappa shape index (κ2) is 6.13. The molecule has 0 spiro atoms. The summed E-state index contributed by atoms with van der Waals surface area (Å²) in [5.74, 6) is 0.404. The molecule has 1 aromatic rings. The summed E-state index contributed by atoms with van der Waals surface area (Å²) in [6.07, 6.45) is 0.226. The second-order valence-corrected chi connectivity index (χ2v) is 5.69. The van der Waals surface area contributed by atoms with Gasteiger partial charge in [-0.05, 0) is 26.0 Å². The minimum absolute atomic E-state index is 0.00687. The molecule has 6 heteroatoms. The number of rotatable bonds is 5. The zero-order valence-corrected chi connectivity index (χ0v) is 12.4. The smallest absolute Gasteiger partial charge is 0.265 e. The van der Waals surface area contributed by atoms with E-state index in [4.69, 9.17) is 10.5 Å². The van der Waals surface area contributed by atoms with E-state index in [9.17, 15) is 9.59 Å². The largest absolute Gasteiger partial charge is 0.482 e. The fourth-order valence-electron chi connectivity index (χ4n) is 2.10. The van der Waals surface area contributed by atoms with E-state index in [1.54, 1.807) is 4.90 Å². The molecule has 0 saturated heterocycles. The minimum atomic E-state index is -0.440. The molecule has 1 aliphatic rings. The number of nitrogens with one attached hydrogen (secondary N) is 1. The molecule has 3 N–H and O–H groups in total. The van der Waals surface area contributed by atoms with Gasteiger partial charge in [0.05, 0.1) is 5.69 Å². The molecule has 1 heterocycles. The average molecular weight is 291 g/mol. The van der Waals surface area contributed by atoms with Crippen LogP contribution in [0.25, 0.3) is 0 Å². The first kappa shape index (κ1) is 15.3. The summed E-state index contributed by atoms with van der Waals surface area (Å²) in [5, 5.41) is 2.85. The van der Waals surface area contributed by atoms with E-state index in [1.165, 1.54) is 0 Å². The number of carbonyl (C=O) groups excluding carboxylic acids is 2. The number of nitrogens with two attached hydrogens (primary N) is 1. The van der Waals surface area contributed by atoms with E-state index < -0.39 is 5.54 Å². The van der Waals surface area contributed by atoms with Crippen molar-refractivity contribution >= 4 is 17.5 Å². The van der Waals surface area contributed by atoms with Crippen molar-refractivity contribution in [2.75, 3.05) is 24.6 Å². The lowest BCUT2D eigenvalue weighted by Gasteiger charge is -2.30. The van der Waals surface area contributed by atoms with Crippen LogP contribution in [0.4, 0.5) is 5.69 Å². The molecule has 0 fully saturated rings. The maximum absolute atomic E-state index is 12.0. The van der Waals surface area contributed by atoms with Crippen molar-refractivity contribution in [3.05, 3.63) is 24.3 Å². The molecule has 0 aliphatic carbocycles. The molecule has 1 aliphatic heterocycles. The molecule has 0 saturated carbocycles. The lowest BCUT2D eigenvalue weighted by Crippen LogP contribution is -2.50. The van der Waals surface area contributed by atoms with Crippen LogP contribution in [0, 0.1) is 0 Å². The van der Waals surface area contributed by atoms with E-state index in [0.717, 1.165) is 0 Å². The molecular formula is C15H21N3O3. The first-order valence-electron chi connectivity index (χ1n) is 6.96. The van der Waals surface area contributed by atoms with Crippen LogP contribution in [0.2, 0.25) is 0 Å². The average Bonchev–Trinajstić information content (AvgIpc) is 2.46. The standard InChI is InChI=1S/C15H21N3O3/c1-15(2,10-16)17-13(19)7-8-18-11-5-3-4-6-12(11)21-9-14(18)20/h3-6H,7-10,16H2,1-2H3,(H,17,19). The van der Waals surface area contributed by atoms with Crippen molar-refractivity contribution < 1.29 is 14.3 Å².